The van der Waals surface area contributed by atoms with Crippen molar-refractivity contribution in [3.63, 3.8) is 0 Å². The fourth-order valence-electron chi connectivity index (χ4n) is 2.48. The molecule has 1 heterocycles. The van der Waals surface area contributed by atoms with Crippen molar-refractivity contribution in [3.05, 3.63) is 63.6 Å². The molecular formula is C18H15ClN2O4. The molecule has 0 aliphatic rings. The largest absolute Gasteiger partial charge is 0.419 e. The highest BCUT2D eigenvalue weighted by Crippen LogP contribution is 2.19. The Kier molecular flexibility index (Phi) is 4.72. The lowest BCUT2D eigenvalue weighted by atomic mass is 10.1. The number of oxazole rings is 1. The number of halogens is 1. The molecular weight excluding hydrogens is 344 g/mol. The van der Waals surface area contributed by atoms with Gasteiger partial charge in [-0.3, -0.25) is 14.2 Å². The highest BCUT2D eigenvalue weighted by molar-refractivity contribution is 6.34. The number of anilines is 1. The Bertz CT molecular complexity index is 1020. The first-order chi connectivity index (χ1) is 12.0. The Morgan fingerprint density at radius 1 is 1.16 bits per heavy atom. The quantitative estimate of drug-likeness (QED) is 0.709. The van der Waals surface area contributed by atoms with E-state index in [0.29, 0.717) is 27.4 Å². The third-order valence-electron chi connectivity index (χ3n) is 3.83. The van der Waals surface area contributed by atoms with Gasteiger partial charge in [-0.25, -0.2) is 4.79 Å². The van der Waals surface area contributed by atoms with Crippen LogP contribution in [0.3, 0.4) is 0 Å². The van der Waals surface area contributed by atoms with Crippen LogP contribution in [0.4, 0.5) is 5.69 Å². The topological polar surface area (TPSA) is 81.3 Å². The number of hydrogen-bond donors (Lipinski definition) is 1. The average molecular weight is 359 g/mol. The van der Waals surface area contributed by atoms with E-state index < -0.39 is 5.76 Å². The number of hydrogen-bond acceptors (Lipinski definition) is 4. The van der Waals surface area contributed by atoms with Crippen molar-refractivity contribution in [2.75, 3.05) is 5.32 Å². The van der Waals surface area contributed by atoms with Gasteiger partial charge in [-0.2, -0.15) is 0 Å². The zero-order valence-electron chi connectivity index (χ0n) is 13.4. The van der Waals surface area contributed by atoms with Crippen LogP contribution in [0, 0.1) is 0 Å². The molecule has 7 heteroatoms. The molecule has 1 aromatic heterocycles. The minimum Gasteiger partial charge on any atom is -0.408 e. The van der Waals surface area contributed by atoms with Crippen LogP contribution < -0.4 is 11.1 Å². The van der Waals surface area contributed by atoms with E-state index in [1.807, 2.05) is 0 Å². The van der Waals surface area contributed by atoms with Crippen LogP contribution in [0.15, 0.2) is 51.7 Å². The van der Waals surface area contributed by atoms with Gasteiger partial charge in [0.1, 0.15) is 0 Å². The fraction of sp³-hybridized carbons (Fsp3) is 0.167. The monoisotopic (exact) mass is 358 g/mol. The average Bonchev–Trinajstić information content (AvgIpc) is 2.87. The Morgan fingerprint density at radius 2 is 1.92 bits per heavy atom. The SMILES string of the molecule is Cn1c(=O)oc2cc(NC(=O)CCC(=O)c3ccccc3Cl)ccc21. The van der Waals surface area contributed by atoms with E-state index in [2.05, 4.69) is 5.32 Å². The minimum absolute atomic E-state index is 0.0286. The highest BCUT2D eigenvalue weighted by atomic mass is 35.5. The molecule has 1 N–H and O–H groups in total. The number of rotatable bonds is 5. The summed E-state index contributed by atoms with van der Waals surface area (Å²) >= 11 is 5.98. The number of Topliss-reactive ketones (excluding diaryl/α,β-unsaturated/α-hetero) is 1. The third kappa shape index (κ3) is 3.64. The lowest BCUT2D eigenvalue weighted by Gasteiger charge is -2.06. The van der Waals surface area contributed by atoms with Crippen molar-refractivity contribution in [3.8, 4) is 0 Å². The summed E-state index contributed by atoms with van der Waals surface area (Å²) in [6.07, 6.45) is 0.0824. The number of aromatic nitrogens is 1. The van der Waals surface area contributed by atoms with Gasteiger partial charge in [-0.05, 0) is 24.3 Å². The second-order valence-corrected chi connectivity index (χ2v) is 5.97. The summed E-state index contributed by atoms with van der Waals surface area (Å²) in [5.74, 6) is -0.966. The molecule has 0 saturated heterocycles. The third-order valence-corrected chi connectivity index (χ3v) is 4.16. The van der Waals surface area contributed by atoms with Gasteiger partial charge in [-0.1, -0.05) is 23.7 Å². The summed E-state index contributed by atoms with van der Waals surface area (Å²) in [4.78, 5) is 35.6. The molecule has 0 aliphatic carbocycles. The zero-order valence-corrected chi connectivity index (χ0v) is 14.2. The van der Waals surface area contributed by atoms with Gasteiger partial charge in [0.15, 0.2) is 11.4 Å². The van der Waals surface area contributed by atoms with E-state index in [0.717, 1.165) is 0 Å². The number of carbonyl (C=O) groups is 2. The van der Waals surface area contributed by atoms with Crippen LogP contribution in [0.1, 0.15) is 23.2 Å². The Hall–Kier alpha value is -2.86. The molecule has 0 saturated carbocycles. The number of fused-ring (bicyclic) bond motifs is 1. The summed E-state index contributed by atoms with van der Waals surface area (Å²) in [5, 5.41) is 3.06. The van der Waals surface area contributed by atoms with Gasteiger partial charge in [0.05, 0.1) is 10.5 Å². The van der Waals surface area contributed by atoms with Crippen molar-refractivity contribution >= 4 is 40.1 Å². The molecule has 1 amide bonds. The first kappa shape index (κ1) is 17.0. The molecule has 3 rings (SSSR count). The smallest absolute Gasteiger partial charge is 0.408 e. The minimum atomic E-state index is -0.469. The molecule has 0 aliphatic heterocycles. The van der Waals surface area contributed by atoms with E-state index >= 15 is 0 Å². The lowest BCUT2D eigenvalue weighted by Crippen LogP contribution is -2.13. The highest BCUT2D eigenvalue weighted by Gasteiger charge is 2.13. The normalized spacial score (nSPS) is 10.8. The second kappa shape index (κ2) is 6.94. The lowest BCUT2D eigenvalue weighted by molar-refractivity contribution is -0.116. The molecule has 0 spiro atoms. The number of ketones is 1. The van der Waals surface area contributed by atoms with E-state index in [1.165, 1.54) is 4.57 Å². The molecule has 128 valence electrons. The number of nitrogens with one attached hydrogen (secondary N) is 1. The van der Waals surface area contributed by atoms with Crippen LogP contribution in [0.2, 0.25) is 5.02 Å². The van der Waals surface area contributed by atoms with Crippen molar-refractivity contribution in [1.82, 2.24) is 4.57 Å². The Balaban J connectivity index is 1.64. The van der Waals surface area contributed by atoms with E-state index in [9.17, 15) is 14.4 Å². The molecule has 25 heavy (non-hydrogen) atoms. The number of aryl methyl sites for hydroxylation is 1. The van der Waals surface area contributed by atoms with Crippen molar-refractivity contribution in [2.45, 2.75) is 12.8 Å². The number of amides is 1. The zero-order chi connectivity index (χ0) is 18.0. The predicted octanol–water partition coefficient (Wildman–Crippen LogP) is 3.39. The summed E-state index contributed by atoms with van der Waals surface area (Å²) < 4.78 is 6.46. The maximum atomic E-state index is 12.1. The van der Waals surface area contributed by atoms with Gasteiger partial charge in [0.25, 0.3) is 0 Å². The standard InChI is InChI=1S/C18H15ClN2O4/c1-21-14-7-6-11(10-16(14)25-18(21)24)20-17(23)9-8-15(22)12-4-2-3-5-13(12)19/h2-7,10H,8-9H2,1H3,(H,20,23). The van der Waals surface area contributed by atoms with Crippen LogP contribution >= 0.6 is 11.6 Å². The van der Waals surface area contributed by atoms with Crippen molar-refractivity contribution in [1.29, 1.82) is 0 Å². The summed E-state index contributed by atoms with van der Waals surface area (Å²) in [5.41, 5.74) is 1.93. The van der Waals surface area contributed by atoms with Crippen LogP contribution in [0.5, 0.6) is 0 Å². The number of benzene rings is 2. The molecule has 0 unspecified atom stereocenters. The summed E-state index contributed by atoms with van der Waals surface area (Å²) in [6, 6.07) is 11.7. The van der Waals surface area contributed by atoms with Gasteiger partial charge in [-0.15, -0.1) is 0 Å². The van der Waals surface area contributed by atoms with E-state index in [4.69, 9.17) is 16.0 Å². The van der Waals surface area contributed by atoms with E-state index in [-0.39, 0.29) is 24.5 Å². The first-order valence-electron chi connectivity index (χ1n) is 7.63. The van der Waals surface area contributed by atoms with Gasteiger partial charge in [0.2, 0.25) is 5.91 Å². The molecule has 0 bridgehead atoms. The van der Waals surface area contributed by atoms with E-state index in [1.54, 1.807) is 49.5 Å². The molecule has 2 aromatic carbocycles. The maximum Gasteiger partial charge on any atom is 0.419 e. The van der Waals surface area contributed by atoms with Gasteiger partial charge >= 0.3 is 5.76 Å². The summed E-state index contributed by atoms with van der Waals surface area (Å²) in [6.45, 7) is 0. The first-order valence-corrected chi connectivity index (χ1v) is 8.00. The Labute approximate surface area is 148 Å². The molecule has 0 radical (unpaired) electrons. The molecule has 0 fully saturated rings. The fourth-order valence-corrected chi connectivity index (χ4v) is 2.73. The van der Waals surface area contributed by atoms with Crippen LogP contribution in [-0.2, 0) is 11.8 Å². The number of nitrogens with zero attached hydrogens (tertiary/aromatic N) is 1. The maximum absolute atomic E-state index is 12.1. The van der Waals surface area contributed by atoms with Gasteiger partial charge < -0.3 is 9.73 Å². The second-order valence-electron chi connectivity index (χ2n) is 5.56. The molecule has 0 atom stereocenters. The Morgan fingerprint density at radius 3 is 2.68 bits per heavy atom. The molecule has 3 aromatic rings. The van der Waals surface area contributed by atoms with Crippen LogP contribution in [0.25, 0.3) is 11.1 Å². The summed E-state index contributed by atoms with van der Waals surface area (Å²) in [7, 11) is 1.60. The molecule has 6 nitrogen and oxygen atoms in total. The van der Waals surface area contributed by atoms with Crippen LogP contribution in [-0.4, -0.2) is 16.3 Å². The predicted molar refractivity (Wildman–Crippen MR) is 95.1 cm³/mol. The van der Waals surface area contributed by atoms with Crippen molar-refractivity contribution < 1.29 is 14.0 Å². The van der Waals surface area contributed by atoms with Gasteiger partial charge in [0, 0.05) is 37.2 Å². The van der Waals surface area contributed by atoms with Crippen molar-refractivity contribution in [2.24, 2.45) is 7.05 Å². The number of carbonyl (C=O) groups excluding carboxylic acids is 2.